The fourth-order valence-corrected chi connectivity index (χ4v) is 2.29. The Kier molecular flexibility index (Phi) is 7.57. The molecule has 0 unspecified atom stereocenters. The second-order valence-electron chi connectivity index (χ2n) is 4.56. The lowest BCUT2D eigenvalue weighted by atomic mass is 10.1. The molecular formula is C12H13Cl3FN5O3S. The van der Waals surface area contributed by atoms with Crippen LogP contribution in [-0.4, -0.2) is 40.7 Å². The molecule has 25 heavy (non-hydrogen) atoms. The van der Waals surface area contributed by atoms with Gasteiger partial charge in [0, 0.05) is 10.6 Å². The van der Waals surface area contributed by atoms with Gasteiger partial charge >= 0.3 is 0 Å². The molecule has 0 saturated carbocycles. The summed E-state index contributed by atoms with van der Waals surface area (Å²) < 4.78 is 39.4. The number of nitrogens with two attached hydrogens (primary N) is 1. The van der Waals surface area contributed by atoms with Crippen molar-refractivity contribution in [3.05, 3.63) is 32.8 Å². The minimum absolute atomic E-state index is 0.00894. The summed E-state index contributed by atoms with van der Waals surface area (Å²) in [6.45, 7) is -0.788. The zero-order valence-corrected chi connectivity index (χ0v) is 15.8. The van der Waals surface area contributed by atoms with Crippen molar-refractivity contribution in [3.63, 3.8) is 0 Å². The lowest BCUT2D eigenvalue weighted by molar-refractivity contribution is 0.409. The van der Waals surface area contributed by atoms with E-state index < -0.39 is 16.8 Å². The SMILES string of the molecule is CS(=O)(=O)O.N=c1nc(N)c(-c2cc(Cl)cc(Cl)c2Cl)nn1CCF. The van der Waals surface area contributed by atoms with Crippen LogP contribution < -0.4 is 11.4 Å². The smallest absolute Gasteiger partial charge is 0.261 e. The van der Waals surface area contributed by atoms with Crippen molar-refractivity contribution in [2.75, 3.05) is 18.7 Å². The number of hydrogen-bond donors (Lipinski definition) is 3. The fraction of sp³-hybridized carbons (Fsp3) is 0.250. The van der Waals surface area contributed by atoms with Crippen LogP contribution in [-0.2, 0) is 16.7 Å². The molecule has 138 valence electrons. The summed E-state index contributed by atoms with van der Waals surface area (Å²) in [6, 6.07) is 3.01. The molecule has 0 amide bonds. The number of hydrogen-bond acceptors (Lipinski definition) is 6. The van der Waals surface area contributed by atoms with Gasteiger partial charge in [0.1, 0.15) is 12.4 Å². The molecule has 0 aliphatic rings. The molecule has 2 rings (SSSR count). The van der Waals surface area contributed by atoms with Crippen LogP contribution in [0, 0.1) is 5.41 Å². The van der Waals surface area contributed by atoms with E-state index in [0.717, 1.165) is 4.68 Å². The topological polar surface area (TPSA) is 135 Å². The number of aromatic nitrogens is 3. The van der Waals surface area contributed by atoms with Crippen LogP contribution in [0.25, 0.3) is 11.3 Å². The monoisotopic (exact) mass is 431 g/mol. The molecular weight excluding hydrogens is 420 g/mol. The summed E-state index contributed by atoms with van der Waals surface area (Å²) in [7, 11) is -3.67. The van der Waals surface area contributed by atoms with Gasteiger partial charge in [0.15, 0.2) is 5.82 Å². The second kappa shape index (κ2) is 8.77. The Morgan fingerprint density at radius 3 is 2.44 bits per heavy atom. The number of benzene rings is 1. The lowest BCUT2D eigenvalue weighted by Crippen LogP contribution is -2.28. The minimum atomic E-state index is -3.67. The van der Waals surface area contributed by atoms with Crippen molar-refractivity contribution in [2.45, 2.75) is 6.54 Å². The number of nitrogens with one attached hydrogen (secondary N) is 1. The van der Waals surface area contributed by atoms with Crippen LogP contribution in [0.15, 0.2) is 12.1 Å². The van der Waals surface area contributed by atoms with Gasteiger partial charge in [0.2, 0.25) is 5.62 Å². The van der Waals surface area contributed by atoms with Crippen molar-refractivity contribution in [1.82, 2.24) is 14.8 Å². The molecule has 0 saturated heterocycles. The van der Waals surface area contributed by atoms with Crippen LogP contribution in [0.1, 0.15) is 0 Å². The van der Waals surface area contributed by atoms with Gasteiger partial charge in [-0.2, -0.15) is 18.5 Å². The van der Waals surface area contributed by atoms with E-state index in [1.165, 1.54) is 12.1 Å². The first-order valence-electron chi connectivity index (χ1n) is 6.36. The third kappa shape index (κ3) is 6.75. The van der Waals surface area contributed by atoms with Gasteiger partial charge in [-0.15, -0.1) is 0 Å². The van der Waals surface area contributed by atoms with Crippen molar-refractivity contribution >= 4 is 50.7 Å². The highest BCUT2D eigenvalue weighted by Crippen LogP contribution is 2.36. The number of aryl methyl sites for hydroxylation is 1. The second-order valence-corrected chi connectivity index (χ2v) is 7.25. The first-order chi connectivity index (χ1) is 11.4. The van der Waals surface area contributed by atoms with Crippen molar-refractivity contribution < 1.29 is 17.4 Å². The van der Waals surface area contributed by atoms with Crippen LogP contribution in [0.2, 0.25) is 15.1 Å². The summed E-state index contributed by atoms with van der Waals surface area (Å²) in [6.07, 6.45) is 0.715. The standard InChI is InChI=1S/C11H9Cl3FN5.CH4O3S/c12-5-3-6(8(14)7(13)4-5)9-10(16)18-11(17)20(19-9)2-1-15;1-5(2,3)4/h3-4H,1-2H2,(H3,16,17,18);1H3,(H,2,3,4). The van der Waals surface area contributed by atoms with E-state index >= 15 is 0 Å². The Morgan fingerprint density at radius 2 is 1.92 bits per heavy atom. The van der Waals surface area contributed by atoms with Crippen LogP contribution in [0.3, 0.4) is 0 Å². The van der Waals surface area contributed by atoms with E-state index in [1.807, 2.05) is 0 Å². The van der Waals surface area contributed by atoms with Crippen molar-refractivity contribution in [1.29, 1.82) is 5.41 Å². The summed E-state index contributed by atoms with van der Waals surface area (Å²) in [5.41, 5.74) is 6.07. The highest BCUT2D eigenvalue weighted by molar-refractivity contribution is 7.85. The van der Waals surface area contributed by atoms with E-state index in [4.69, 9.17) is 50.5 Å². The Bertz CT molecular complexity index is 928. The average Bonchev–Trinajstić information content (AvgIpc) is 2.44. The zero-order chi connectivity index (χ0) is 19.4. The molecule has 1 aromatic carbocycles. The van der Waals surface area contributed by atoms with E-state index in [-0.39, 0.29) is 33.7 Å². The molecule has 0 spiro atoms. The normalized spacial score (nSPS) is 11.0. The maximum absolute atomic E-state index is 12.4. The lowest BCUT2D eigenvalue weighted by Gasteiger charge is -2.11. The first-order valence-corrected chi connectivity index (χ1v) is 9.34. The van der Waals surface area contributed by atoms with Crippen LogP contribution in [0.4, 0.5) is 10.2 Å². The third-order valence-electron chi connectivity index (χ3n) is 2.48. The number of alkyl halides is 1. The number of anilines is 1. The number of rotatable bonds is 3. The predicted octanol–water partition coefficient (Wildman–Crippen LogP) is 2.44. The molecule has 4 N–H and O–H groups in total. The van der Waals surface area contributed by atoms with Gasteiger partial charge in [-0.05, 0) is 12.1 Å². The molecule has 0 bridgehead atoms. The van der Waals surface area contributed by atoms with E-state index in [0.29, 0.717) is 16.8 Å². The molecule has 2 aromatic rings. The summed E-state index contributed by atoms with van der Waals surface area (Å²) in [5, 5.41) is 12.4. The number of halogens is 4. The van der Waals surface area contributed by atoms with Gasteiger partial charge < -0.3 is 5.73 Å². The van der Waals surface area contributed by atoms with Crippen molar-refractivity contribution in [2.24, 2.45) is 0 Å². The molecule has 8 nitrogen and oxygen atoms in total. The summed E-state index contributed by atoms with van der Waals surface area (Å²) in [5.74, 6) is -0.00894. The molecule has 1 aromatic heterocycles. The number of nitrogen functional groups attached to an aromatic ring is 1. The summed E-state index contributed by atoms with van der Waals surface area (Å²) >= 11 is 18.0. The average molecular weight is 433 g/mol. The first kappa shape index (κ1) is 21.6. The van der Waals surface area contributed by atoms with Gasteiger partial charge in [-0.3, -0.25) is 9.96 Å². The van der Waals surface area contributed by atoms with Gasteiger partial charge in [0.05, 0.1) is 22.8 Å². The van der Waals surface area contributed by atoms with Crippen LogP contribution >= 0.6 is 34.8 Å². The minimum Gasteiger partial charge on any atom is -0.382 e. The Hall–Kier alpha value is -1.46. The molecule has 0 atom stereocenters. The molecule has 0 fully saturated rings. The maximum atomic E-state index is 12.4. The highest BCUT2D eigenvalue weighted by atomic mass is 35.5. The molecule has 0 radical (unpaired) electrons. The largest absolute Gasteiger partial charge is 0.382 e. The van der Waals surface area contributed by atoms with E-state index in [2.05, 4.69) is 10.1 Å². The Labute approximate surface area is 157 Å². The fourth-order valence-electron chi connectivity index (χ4n) is 1.60. The van der Waals surface area contributed by atoms with Crippen molar-refractivity contribution in [3.8, 4) is 11.3 Å². The highest BCUT2D eigenvalue weighted by Gasteiger charge is 2.15. The molecule has 1 heterocycles. The summed E-state index contributed by atoms with van der Waals surface area (Å²) in [4.78, 5) is 3.80. The Balaban J connectivity index is 0.000000550. The van der Waals surface area contributed by atoms with Gasteiger partial charge in [-0.25, -0.2) is 9.07 Å². The third-order valence-corrected chi connectivity index (χ3v) is 3.50. The van der Waals surface area contributed by atoms with Crippen LogP contribution in [0.5, 0.6) is 0 Å². The molecule has 0 aliphatic carbocycles. The maximum Gasteiger partial charge on any atom is 0.261 e. The van der Waals surface area contributed by atoms with Gasteiger partial charge in [-0.1, -0.05) is 34.8 Å². The number of nitrogens with zero attached hydrogens (tertiary/aromatic N) is 3. The van der Waals surface area contributed by atoms with E-state index in [9.17, 15) is 12.8 Å². The van der Waals surface area contributed by atoms with E-state index in [1.54, 1.807) is 0 Å². The molecule has 13 heteroatoms. The van der Waals surface area contributed by atoms with Gasteiger partial charge in [0.25, 0.3) is 10.1 Å². The Morgan fingerprint density at radius 1 is 1.36 bits per heavy atom. The molecule has 0 aliphatic heterocycles. The predicted molar refractivity (Wildman–Crippen MR) is 94.2 cm³/mol. The zero-order valence-electron chi connectivity index (χ0n) is 12.7. The quantitative estimate of drug-likeness (QED) is 0.503.